The van der Waals surface area contributed by atoms with Crippen LogP contribution >= 0.6 is 0 Å². The lowest BCUT2D eigenvalue weighted by molar-refractivity contribution is -0.130. The largest absolute Gasteiger partial charge is 0.388 e. The van der Waals surface area contributed by atoms with Crippen LogP contribution in [0.25, 0.3) is 0 Å². The van der Waals surface area contributed by atoms with Crippen molar-refractivity contribution in [2.45, 2.75) is 32.3 Å². The van der Waals surface area contributed by atoms with Crippen molar-refractivity contribution in [2.75, 3.05) is 26.2 Å². The Bertz CT molecular complexity index is 204. The fraction of sp³-hybridized carbons (Fsp3) is 0.900. The Morgan fingerprint density at radius 2 is 2.36 bits per heavy atom. The molecular formula is C10H20N2O2. The molecule has 1 amide bonds. The van der Waals surface area contributed by atoms with Crippen molar-refractivity contribution in [2.24, 2.45) is 0 Å². The minimum Gasteiger partial charge on any atom is -0.388 e. The molecule has 14 heavy (non-hydrogen) atoms. The van der Waals surface area contributed by atoms with E-state index in [9.17, 15) is 9.90 Å². The Kier molecular flexibility index (Phi) is 3.89. The summed E-state index contributed by atoms with van der Waals surface area (Å²) < 4.78 is 0. The highest BCUT2D eigenvalue weighted by molar-refractivity contribution is 5.78. The number of amides is 1. The summed E-state index contributed by atoms with van der Waals surface area (Å²) in [7, 11) is 0. The summed E-state index contributed by atoms with van der Waals surface area (Å²) in [6.45, 7) is 6.26. The molecule has 1 unspecified atom stereocenters. The van der Waals surface area contributed by atoms with Crippen molar-refractivity contribution in [3.05, 3.63) is 0 Å². The fourth-order valence-electron chi connectivity index (χ4n) is 1.64. The van der Waals surface area contributed by atoms with Crippen LogP contribution in [0.5, 0.6) is 0 Å². The summed E-state index contributed by atoms with van der Waals surface area (Å²) in [6.07, 6.45) is 1.72. The quantitative estimate of drug-likeness (QED) is 0.627. The molecule has 1 fully saturated rings. The van der Waals surface area contributed by atoms with Crippen LogP contribution in [0, 0.1) is 0 Å². The van der Waals surface area contributed by atoms with Crippen molar-refractivity contribution in [3.63, 3.8) is 0 Å². The third-order valence-electron chi connectivity index (χ3n) is 2.51. The number of carbonyl (C=O) groups excluding carboxylic acids is 1. The average molecular weight is 200 g/mol. The second-order valence-electron chi connectivity index (χ2n) is 4.24. The Labute approximate surface area is 85.3 Å². The molecule has 0 bridgehead atoms. The van der Waals surface area contributed by atoms with Crippen molar-refractivity contribution in [1.29, 1.82) is 0 Å². The van der Waals surface area contributed by atoms with Crippen LogP contribution in [0.4, 0.5) is 0 Å². The first-order valence-electron chi connectivity index (χ1n) is 5.26. The zero-order valence-corrected chi connectivity index (χ0v) is 9.05. The molecule has 4 nitrogen and oxygen atoms in total. The number of hydrogen-bond acceptors (Lipinski definition) is 3. The highest BCUT2D eigenvalue weighted by atomic mass is 16.3. The van der Waals surface area contributed by atoms with Crippen molar-refractivity contribution in [1.82, 2.24) is 10.2 Å². The van der Waals surface area contributed by atoms with E-state index in [-0.39, 0.29) is 5.91 Å². The lowest BCUT2D eigenvalue weighted by Gasteiger charge is -2.19. The van der Waals surface area contributed by atoms with Gasteiger partial charge in [-0.3, -0.25) is 4.79 Å². The van der Waals surface area contributed by atoms with Crippen LogP contribution in [0.3, 0.4) is 0 Å². The van der Waals surface area contributed by atoms with Crippen molar-refractivity contribution in [3.8, 4) is 0 Å². The van der Waals surface area contributed by atoms with Gasteiger partial charge >= 0.3 is 0 Å². The van der Waals surface area contributed by atoms with Gasteiger partial charge in [0.25, 0.3) is 0 Å². The molecule has 82 valence electrons. The number of hydrogen-bond donors (Lipinski definition) is 2. The molecule has 0 saturated carbocycles. The van der Waals surface area contributed by atoms with Gasteiger partial charge in [0.15, 0.2) is 0 Å². The van der Waals surface area contributed by atoms with E-state index in [0.29, 0.717) is 26.1 Å². The van der Waals surface area contributed by atoms with Gasteiger partial charge in [0.1, 0.15) is 0 Å². The highest BCUT2D eigenvalue weighted by Crippen LogP contribution is 2.19. The maximum Gasteiger partial charge on any atom is 0.236 e. The number of likely N-dealkylation sites (tertiary alicyclic amines) is 1. The van der Waals surface area contributed by atoms with Gasteiger partial charge in [0, 0.05) is 13.1 Å². The first kappa shape index (κ1) is 11.5. The van der Waals surface area contributed by atoms with Gasteiger partial charge in [-0.1, -0.05) is 6.92 Å². The van der Waals surface area contributed by atoms with E-state index in [1.54, 1.807) is 11.8 Å². The second kappa shape index (κ2) is 4.75. The first-order chi connectivity index (χ1) is 6.55. The van der Waals surface area contributed by atoms with Gasteiger partial charge in [0.05, 0.1) is 12.1 Å². The molecule has 0 aromatic carbocycles. The summed E-state index contributed by atoms with van der Waals surface area (Å²) in [5.41, 5.74) is -0.680. The summed E-state index contributed by atoms with van der Waals surface area (Å²) >= 11 is 0. The smallest absolute Gasteiger partial charge is 0.236 e. The summed E-state index contributed by atoms with van der Waals surface area (Å²) in [5, 5.41) is 12.7. The number of aliphatic hydroxyl groups is 1. The Balaban J connectivity index is 2.25. The van der Waals surface area contributed by atoms with Crippen LogP contribution in [0.1, 0.15) is 26.7 Å². The van der Waals surface area contributed by atoms with Gasteiger partial charge in [-0.2, -0.15) is 0 Å². The molecule has 1 aliphatic heterocycles. The van der Waals surface area contributed by atoms with E-state index in [1.165, 1.54) is 0 Å². The first-order valence-corrected chi connectivity index (χ1v) is 5.26. The van der Waals surface area contributed by atoms with Gasteiger partial charge in [0.2, 0.25) is 5.91 Å². The molecule has 1 saturated heterocycles. The summed E-state index contributed by atoms with van der Waals surface area (Å²) in [5.74, 6) is 0.0937. The van der Waals surface area contributed by atoms with Gasteiger partial charge < -0.3 is 15.3 Å². The molecule has 1 aliphatic rings. The minimum atomic E-state index is -0.680. The van der Waals surface area contributed by atoms with Crippen LogP contribution in [-0.4, -0.2) is 47.7 Å². The van der Waals surface area contributed by atoms with E-state index in [1.807, 2.05) is 0 Å². The zero-order chi connectivity index (χ0) is 10.6. The highest BCUT2D eigenvalue weighted by Gasteiger charge is 2.33. The zero-order valence-electron chi connectivity index (χ0n) is 9.05. The molecule has 4 heteroatoms. The summed E-state index contributed by atoms with van der Waals surface area (Å²) in [4.78, 5) is 13.3. The number of nitrogens with zero attached hydrogens (tertiary/aromatic N) is 1. The maximum atomic E-state index is 11.6. The average Bonchev–Trinajstić information content (AvgIpc) is 2.46. The Morgan fingerprint density at radius 1 is 1.64 bits per heavy atom. The number of nitrogens with one attached hydrogen (secondary N) is 1. The molecule has 0 spiro atoms. The Morgan fingerprint density at radius 3 is 2.86 bits per heavy atom. The topological polar surface area (TPSA) is 52.6 Å². The fourth-order valence-corrected chi connectivity index (χ4v) is 1.64. The standard InChI is InChI=1S/C10H20N2O2/c1-3-5-11-7-9(13)12-6-4-10(2,14)8-12/h11,14H,3-8H2,1-2H3. The van der Waals surface area contributed by atoms with Crippen LogP contribution in [0.2, 0.25) is 0 Å². The van der Waals surface area contributed by atoms with Crippen LogP contribution < -0.4 is 5.32 Å². The second-order valence-corrected chi connectivity index (χ2v) is 4.24. The van der Waals surface area contributed by atoms with Gasteiger partial charge in [-0.25, -0.2) is 0 Å². The number of rotatable bonds is 4. The molecule has 1 atom stereocenters. The number of carbonyl (C=O) groups is 1. The molecule has 2 N–H and O–H groups in total. The van der Waals surface area contributed by atoms with Crippen LogP contribution in [0.15, 0.2) is 0 Å². The monoisotopic (exact) mass is 200 g/mol. The molecule has 0 aliphatic carbocycles. The molecule has 1 rings (SSSR count). The van der Waals surface area contributed by atoms with Crippen LogP contribution in [-0.2, 0) is 4.79 Å². The van der Waals surface area contributed by atoms with Gasteiger partial charge in [-0.15, -0.1) is 0 Å². The van der Waals surface area contributed by atoms with E-state index < -0.39 is 5.60 Å². The number of β-amino-alcohol motifs (C(OH)–C–C–N with tert-alkyl or cyclic N) is 1. The predicted molar refractivity (Wildman–Crippen MR) is 55.0 cm³/mol. The molecular weight excluding hydrogens is 180 g/mol. The SMILES string of the molecule is CCCNCC(=O)N1CCC(C)(O)C1. The Hall–Kier alpha value is -0.610. The normalized spacial score (nSPS) is 26.9. The third kappa shape index (κ3) is 3.27. The summed E-state index contributed by atoms with van der Waals surface area (Å²) in [6, 6.07) is 0. The van der Waals surface area contributed by atoms with E-state index in [2.05, 4.69) is 12.2 Å². The molecule has 0 radical (unpaired) electrons. The molecule has 0 aromatic heterocycles. The van der Waals surface area contributed by atoms with Gasteiger partial charge in [-0.05, 0) is 26.3 Å². The van der Waals surface area contributed by atoms with Crippen molar-refractivity contribution >= 4 is 5.91 Å². The minimum absolute atomic E-state index is 0.0937. The maximum absolute atomic E-state index is 11.6. The lowest BCUT2D eigenvalue weighted by Crippen LogP contribution is -2.39. The van der Waals surface area contributed by atoms with E-state index in [0.717, 1.165) is 13.0 Å². The van der Waals surface area contributed by atoms with Crippen molar-refractivity contribution < 1.29 is 9.90 Å². The molecule has 1 heterocycles. The lowest BCUT2D eigenvalue weighted by atomic mass is 10.1. The van der Waals surface area contributed by atoms with E-state index in [4.69, 9.17) is 0 Å². The molecule has 0 aromatic rings. The predicted octanol–water partition coefficient (Wildman–Crippen LogP) is -0.0307. The van der Waals surface area contributed by atoms with E-state index >= 15 is 0 Å². The third-order valence-corrected chi connectivity index (χ3v) is 2.51.